The Labute approximate surface area is 61.8 Å². The van der Waals surface area contributed by atoms with Crippen molar-refractivity contribution in [2.45, 2.75) is 0 Å². The van der Waals surface area contributed by atoms with Crippen LogP contribution >= 0.6 is 11.6 Å². The van der Waals surface area contributed by atoms with Crippen molar-refractivity contribution >= 4 is 17.3 Å². The average molecular weight is 146 g/mol. The third-order valence-corrected chi connectivity index (χ3v) is 0.934. The van der Waals surface area contributed by atoms with Crippen LogP contribution in [0.2, 0.25) is 0 Å². The molecule has 0 aromatic carbocycles. The molecule has 0 saturated heterocycles. The van der Waals surface area contributed by atoms with Crippen LogP contribution in [0.1, 0.15) is 0 Å². The Balaban J connectivity index is 0. The van der Waals surface area contributed by atoms with Gasteiger partial charge in [0.05, 0.1) is 5.88 Å². The highest BCUT2D eigenvalue weighted by Crippen LogP contribution is 1.81. The van der Waals surface area contributed by atoms with Crippen LogP contribution in [-0.2, 0) is 0 Å². The van der Waals surface area contributed by atoms with Crippen LogP contribution in [-0.4, -0.2) is 18.6 Å². The maximum atomic E-state index is 5.37. The third kappa shape index (κ3) is 7.44. The zero-order chi connectivity index (χ0) is 7.70. The van der Waals surface area contributed by atoms with Crippen molar-refractivity contribution in [2.24, 2.45) is 4.99 Å². The standard InChI is InChI=1S/C5H8ClN.C2H4/c1-3-5(4-6)7-2;1-2/h3H,1,4H2,2H3;1-2H2. The van der Waals surface area contributed by atoms with E-state index < -0.39 is 0 Å². The molecule has 0 aromatic rings. The zero-order valence-electron chi connectivity index (χ0n) is 5.73. The lowest BCUT2D eigenvalue weighted by Gasteiger charge is -1.85. The van der Waals surface area contributed by atoms with Crippen molar-refractivity contribution in [2.75, 3.05) is 12.9 Å². The third-order valence-electron chi connectivity index (χ3n) is 0.660. The van der Waals surface area contributed by atoms with E-state index in [0.29, 0.717) is 5.88 Å². The van der Waals surface area contributed by atoms with Crippen LogP contribution in [0.4, 0.5) is 0 Å². The molecule has 0 fully saturated rings. The summed E-state index contributed by atoms with van der Waals surface area (Å²) in [5.74, 6) is 0.458. The minimum Gasteiger partial charge on any atom is -0.292 e. The summed E-state index contributed by atoms with van der Waals surface area (Å²) in [4.78, 5) is 3.79. The van der Waals surface area contributed by atoms with Crippen molar-refractivity contribution < 1.29 is 0 Å². The SMILES string of the molecule is C=C.C=CC(CCl)=NC. The quantitative estimate of drug-likeness (QED) is 0.321. The minimum atomic E-state index is 0.458. The van der Waals surface area contributed by atoms with E-state index in [9.17, 15) is 0 Å². The molecule has 0 radical (unpaired) electrons. The van der Waals surface area contributed by atoms with Gasteiger partial charge in [0.15, 0.2) is 0 Å². The maximum Gasteiger partial charge on any atom is 0.0642 e. The molecule has 0 bridgehead atoms. The summed E-state index contributed by atoms with van der Waals surface area (Å²) in [6, 6.07) is 0. The predicted octanol–water partition coefficient (Wildman–Crippen LogP) is 2.28. The summed E-state index contributed by atoms with van der Waals surface area (Å²) in [5, 5.41) is 0. The highest BCUT2D eigenvalue weighted by molar-refractivity contribution is 6.30. The van der Waals surface area contributed by atoms with Crippen molar-refractivity contribution in [1.29, 1.82) is 0 Å². The van der Waals surface area contributed by atoms with Crippen molar-refractivity contribution in [1.82, 2.24) is 0 Å². The summed E-state index contributed by atoms with van der Waals surface area (Å²) >= 11 is 5.37. The maximum absolute atomic E-state index is 5.37. The Morgan fingerprint density at radius 1 is 1.67 bits per heavy atom. The summed E-state index contributed by atoms with van der Waals surface area (Å²) in [6.45, 7) is 9.49. The fraction of sp³-hybridized carbons (Fsp3) is 0.286. The first kappa shape index (κ1) is 11.3. The monoisotopic (exact) mass is 145 g/mol. The second-order valence-electron chi connectivity index (χ2n) is 1.05. The number of aliphatic imine (C=N–C) groups is 1. The van der Waals surface area contributed by atoms with E-state index in [1.807, 2.05) is 0 Å². The first-order chi connectivity index (χ1) is 4.35. The largest absolute Gasteiger partial charge is 0.292 e. The average Bonchev–Trinajstić information content (AvgIpc) is 1.96. The summed E-state index contributed by atoms with van der Waals surface area (Å²) in [6.07, 6.45) is 1.65. The minimum absolute atomic E-state index is 0.458. The van der Waals surface area contributed by atoms with Crippen LogP contribution in [0, 0.1) is 0 Å². The molecule has 0 rings (SSSR count). The molecular formula is C7H12ClN. The molecule has 0 aliphatic carbocycles. The van der Waals surface area contributed by atoms with E-state index in [1.54, 1.807) is 13.1 Å². The van der Waals surface area contributed by atoms with Gasteiger partial charge >= 0.3 is 0 Å². The molecule has 1 nitrogen and oxygen atoms in total. The lowest BCUT2D eigenvalue weighted by Crippen LogP contribution is -1.91. The van der Waals surface area contributed by atoms with Gasteiger partial charge < -0.3 is 0 Å². The van der Waals surface area contributed by atoms with Gasteiger partial charge in [-0.15, -0.1) is 24.8 Å². The van der Waals surface area contributed by atoms with Gasteiger partial charge in [-0.3, -0.25) is 4.99 Å². The first-order valence-electron chi connectivity index (χ1n) is 2.49. The fourth-order valence-electron chi connectivity index (χ4n) is 0.206. The Hall–Kier alpha value is -0.560. The summed E-state index contributed by atoms with van der Waals surface area (Å²) in [5.41, 5.74) is 0.835. The topological polar surface area (TPSA) is 12.4 Å². The molecule has 0 aromatic heterocycles. The molecule has 0 spiro atoms. The molecule has 0 aliphatic rings. The number of rotatable bonds is 2. The normalized spacial score (nSPS) is 9.33. The lowest BCUT2D eigenvalue weighted by molar-refractivity contribution is 1.43. The van der Waals surface area contributed by atoms with Crippen LogP contribution < -0.4 is 0 Å². The second-order valence-corrected chi connectivity index (χ2v) is 1.32. The first-order valence-corrected chi connectivity index (χ1v) is 3.02. The molecule has 0 amide bonds. The molecule has 0 atom stereocenters. The van der Waals surface area contributed by atoms with Crippen LogP contribution in [0.5, 0.6) is 0 Å². The van der Waals surface area contributed by atoms with Gasteiger partial charge in [-0.2, -0.15) is 0 Å². The van der Waals surface area contributed by atoms with Crippen molar-refractivity contribution in [3.63, 3.8) is 0 Å². The van der Waals surface area contributed by atoms with Crippen LogP contribution in [0.3, 0.4) is 0 Å². The molecule has 0 aliphatic heterocycles. The molecule has 0 unspecified atom stereocenters. The van der Waals surface area contributed by atoms with E-state index in [0.717, 1.165) is 5.71 Å². The zero-order valence-corrected chi connectivity index (χ0v) is 6.49. The number of nitrogens with zero attached hydrogens (tertiary/aromatic N) is 1. The van der Waals surface area contributed by atoms with Gasteiger partial charge in [-0.05, 0) is 6.08 Å². The fourth-order valence-corrected chi connectivity index (χ4v) is 0.434. The van der Waals surface area contributed by atoms with Crippen molar-refractivity contribution in [3.8, 4) is 0 Å². The van der Waals surface area contributed by atoms with Gasteiger partial charge in [-0.1, -0.05) is 6.58 Å². The highest BCUT2D eigenvalue weighted by atomic mass is 35.5. The number of allylic oxidation sites excluding steroid dienone is 1. The van der Waals surface area contributed by atoms with E-state index in [2.05, 4.69) is 24.7 Å². The number of alkyl halides is 1. The van der Waals surface area contributed by atoms with E-state index in [1.165, 1.54) is 0 Å². The van der Waals surface area contributed by atoms with Gasteiger partial charge in [-0.25, -0.2) is 0 Å². The lowest BCUT2D eigenvalue weighted by atomic mass is 10.4. The van der Waals surface area contributed by atoms with Crippen LogP contribution in [0.25, 0.3) is 0 Å². The molecule has 0 heterocycles. The van der Waals surface area contributed by atoms with E-state index >= 15 is 0 Å². The molecule has 0 saturated carbocycles. The summed E-state index contributed by atoms with van der Waals surface area (Å²) in [7, 11) is 1.69. The predicted molar refractivity (Wildman–Crippen MR) is 45.5 cm³/mol. The van der Waals surface area contributed by atoms with Gasteiger partial charge in [0.25, 0.3) is 0 Å². The van der Waals surface area contributed by atoms with Gasteiger partial charge in [0.1, 0.15) is 0 Å². The van der Waals surface area contributed by atoms with E-state index in [-0.39, 0.29) is 0 Å². The Morgan fingerprint density at radius 3 is 2.11 bits per heavy atom. The van der Waals surface area contributed by atoms with Gasteiger partial charge in [0.2, 0.25) is 0 Å². The summed E-state index contributed by atoms with van der Waals surface area (Å²) < 4.78 is 0. The van der Waals surface area contributed by atoms with Crippen LogP contribution in [0.15, 0.2) is 30.8 Å². The Bertz CT molecular complexity index is 97.1. The second kappa shape index (κ2) is 10.4. The smallest absolute Gasteiger partial charge is 0.0642 e. The Morgan fingerprint density at radius 2 is 2.11 bits per heavy atom. The number of hydrogen-bond donors (Lipinski definition) is 0. The molecular weight excluding hydrogens is 134 g/mol. The molecule has 9 heavy (non-hydrogen) atoms. The molecule has 0 N–H and O–H groups in total. The van der Waals surface area contributed by atoms with E-state index in [4.69, 9.17) is 11.6 Å². The molecule has 2 heteroatoms. The number of halogens is 1. The van der Waals surface area contributed by atoms with Gasteiger partial charge in [0, 0.05) is 12.8 Å². The highest BCUT2D eigenvalue weighted by Gasteiger charge is 1.81. The molecule has 52 valence electrons. The Kier molecular flexibility index (Phi) is 13.1. The van der Waals surface area contributed by atoms with Crippen molar-refractivity contribution in [3.05, 3.63) is 25.8 Å². The number of hydrogen-bond acceptors (Lipinski definition) is 1.